The van der Waals surface area contributed by atoms with E-state index in [1.165, 1.54) is 40.8 Å². The van der Waals surface area contributed by atoms with Crippen molar-refractivity contribution in [2.75, 3.05) is 13.1 Å². The largest absolute Gasteiger partial charge is 0.508 e. The standard InChI is InChI=1S/C20H23BrN2O/c1-12-8-17(24)10-14-2-3-15-9-16(21)11-23-20(15)19(18(12)14)13-4-6-22-7-5-13/h8-11,13,19,22,24H,2-7H2,1H3/t19-/m1/s1. The third-order valence-electron chi connectivity index (χ3n) is 5.55. The van der Waals surface area contributed by atoms with Crippen LogP contribution in [0.5, 0.6) is 5.75 Å². The van der Waals surface area contributed by atoms with Gasteiger partial charge in [-0.15, -0.1) is 0 Å². The van der Waals surface area contributed by atoms with Gasteiger partial charge in [-0.05, 0) is 108 Å². The summed E-state index contributed by atoms with van der Waals surface area (Å²) in [6, 6.07) is 6.12. The van der Waals surface area contributed by atoms with Crippen molar-refractivity contribution in [3.05, 3.63) is 56.8 Å². The van der Waals surface area contributed by atoms with E-state index < -0.39 is 0 Å². The molecule has 24 heavy (non-hydrogen) atoms. The SMILES string of the molecule is Cc1cc(O)cc2c1[C@@H](C1CCNCC1)c1ncc(Br)cc1CC2. The minimum absolute atomic E-state index is 0.341. The number of aromatic hydroxyl groups is 1. The van der Waals surface area contributed by atoms with E-state index in [-0.39, 0.29) is 0 Å². The molecule has 1 aliphatic heterocycles. The maximum absolute atomic E-state index is 10.1. The van der Waals surface area contributed by atoms with Crippen molar-refractivity contribution in [3.63, 3.8) is 0 Å². The Morgan fingerprint density at radius 1 is 1.12 bits per heavy atom. The second kappa shape index (κ2) is 6.49. The van der Waals surface area contributed by atoms with Crippen molar-refractivity contribution < 1.29 is 5.11 Å². The van der Waals surface area contributed by atoms with E-state index in [2.05, 4.69) is 34.2 Å². The van der Waals surface area contributed by atoms with Crippen molar-refractivity contribution in [3.8, 4) is 5.75 Å². The molecule has 3 nitrogen and oxygen atoms in total. The maximum Gasteiger partial charge on any atom is 0.116 e. The molecule has 2 N–H and O–H groups in total. The number of halogens is 1. The van der Waals surface area contributed by atoms with Gasteiger partial charge in [-0.25, -0.2) is 0 Å². The molecule has 1 saturated heterocycles. The third-order valence-corrected chi connectivity index (χ3v) is 5.98. The van der Waals surface area contributed by atoms with Gasteiger partial charge in [0.1, 0.15) is 5.75 Å². The Balaban J connectivity index is 1.91. The van der Waals surface area contributed by atoms with Gasteiger partial charge in [0.05, 0.1) is 5.69 Å². The molecule has 1 atom stereocenters. The fourth-order valence-corrected chi connectivity index (χ4v) is 4.90. The van der Waals surface area contributed by atoms with Crippen LogP contribution in [0.2, 0.25) is 0 Å². The first-order valence-electron chi connectivity index (χ1n) is 8.81. The van der Waals surface area contributed by atoms with Crippen molar-refractivity contribution in [1.29, 1.82) is 0 Å². The van der Waals surface area contributed by atoms with Gasteiger partial charge in [0.25, 0.3) is 0 Å². The summed E-state index contributed by atoms with van der Waals surface area (Å²) in [5.74, 6) is 1.34. The van der Waals surface area contributed by atoms with E-state index >= 15 is 0 Å². The Labute approximate surface area is 151 Å². The monoisotopic (exact) mass is 386 g/mol. The molecule has 4 rings (SSSR count). The molecule has 1 aliphatic carbocycles. The van der Waals surface area contributed by atoms with Gasteiger partial charge in [-0.2, -0.15) is 0 Å². The van der Waals surface area contributed by atoms with Crippen LogP contribution in [-0.2, 0) is 12.8 Å². The first-order chi connectivity index (χ1) is 11.6. The second-order valence-corrected chi connectivity index (χ2v) is 8.01. The van der Waals surface area contributed by atoms with Crippen LogP contribution in [0.3, 0.4) is 0 Å². The molecule has 0 amide bonds. The van der Waals surface area contributed by atoms with Crippen LogP contribution >= 0.6 is 15.9 Å². The van der Waals surface area contributed by atoms with E-state index in [1.807, 2.05) is 18.3 Å². The van der Waals surface area contributed by atoms with Crippen molar-refractivity contribution in [2.24, 2.45) is 5.92 Å². The third kappa shape index (κ3) is 2.86. The van der Waals surface area contributed by atoms with Crippen molar-refractivity contribution >= 4 is 15.9 Å². The predicted octanol–water partition coefficient (Wildman–Crippen LogP) is 4.09. The lowest BCUT2D eigenvalue weighted by molar-refractivity contribution is 0.337. The normalized spacial score (nSPS) is 21.0. The van der Waals surface area contributed by atoms with Gasteiger partial charge in [-0.1, -0.05) is 0 Å². The zero-order valence-corrected chi connectivity index (χ0v) is 15.6. The number of nitrogens with one attached hydrogen (secondary N) is 1. The van der Waals surface area contributed by atoms with E-state index in [1.54, 1.807) is 0 Å². The zero-order chi connectivity index (χ0) is 16.7. The number of phenols is 1. The fraction of sp³-hybridized carbons (Fsp3) is 0.450. The number of pyridine rings is 1. The number of hydrogen-bond acceptors (Lipinski definition) is 3. The topological polar surface area (TPSA) is 45.1 Å². The van der Waals surface area contributed by atoms with Gasteiger partial charge in [0.2, 0.25) is 0 Å². The summed E-state index contributed by atoms with van der Waals surface area (Å²) in [4.78, 5) is 4.87. The van der Waals surface area contributed by atoms with Crippen LogP contribution in [-0.4, -0.2) is 23.2 Å². The van der Waals surface area contributed by atoms with E-state index in [4.69, 9.17) is 4.98 Å². The molecule has 0 saturated carbocycles. The molecule has 0 bridgehead atoms. The molecule has 0 spiro atoms. The summed E-state index contributed by atoms with van der Waals surface area (Å²) in [6.45, 7) is 4.30. The molecule has 2 heterocycles. The quantitative estimate of drug-likeness (QED) is 0.775. The van der Waals surface area contributed by atoms with Crippen molar-refractivity contribution in [2.45, 2.75) is 38.5 Å². The first kappa shape index (κ1) is 16.1. The molecular formula is C20H23BrN2O. The van der Waals surface area contributed by atoms with Crippen LogP contribution in [0, 0.1) is 12.8 Å². The molecule has 0 unspecified atom stereocenters. The lowest BCUT2D eigenvalue weighted by atomic mass is 9.75. The molecule has 126 valence electrons. The number of hydrogen-bond donors (Lipinski definition) is 2. The number of piperidine rings is 1. The highest BCUT2D eigenvalue weighted by atomic mass is 79.9. The highest BCUT2D eigenvalue weighted by Crippen LogP contribution is 2.44. The summed E-state index contributed by atoms with van der Waals surface area (Å²) in [5, 5.41) is 13.6. The van der Waals surface area contributed by atoms with Gasteiger partial charge < -0.3 is 10.4 Å². The van der Waals surface area contributed by atoms with Crippen LogP contribution in [0.15, 0.2) is 28.9 Å². The smallest absolute Gasteiger partial charge is 0.116 e. The van der Waals surface area contributed by atoms with Crippen molar-refractivity contribution in [1.82, 2.24) is 10.3 Å². The van der Waals surface area contributed by atoms with Gasteiger partial charge in [-0.3, -0.25) is 4.98 Å². The summed E-state index contributed by atoms with van der Waals surface area (Å²) in [6.07, 6.45) is 6.26. The Kier molecular flexibility index (Phi) is 4.35. The minimum atomic E-state index is 0.341. The molecule has 0 radical (unpaired) electrons. The second-order valence-electron chi connectivity index (χ2n) is 7.10. The lowest BCUT2D eigenvalue weighted by Crippen LogP contribution is -2.32. The average Bonchev–Trinajstić information content (AvgIpc) is 2.72. The van der Waals surface area contributed by atoms with Crippen LogP contribution < -0.4 is 5.32 Å². The number of nitrogens with zero attached hydrogens (tertiary/aromatic N) is 1. The average molecular weight is 387 g/mol. The summed E-state index contributed by atoms with van der Waals surface area (Å²) < 4.78 is 1.05. The number of aromatic nitrogens is 1. The Morgan fingerprint density at radius 2 is 1.88 bits per heavy atom. The summed E-state index contributed by atoms with van der Waals surface area (Å²) in [7, 11) is 0. The van der Waals surface area contributed by atoms with E-state index in [0.29, 0.717) is 17.6 Å². The molecule has 4 heteroatoms. The first-order valence-corrected chi connectivity index (χ1v) is 9.60. The highest BCUT2D eigenvalue weighted by Gasteiger charge is 2.33. The summed E-state index contributed by atoms with van der Waals surface area (Å²) in [5.41, 5.74) is 6.50. The Bertz CT molecular complexity index is 768. The maximum atomic E-state index is 10.1. The van der Waals surface area contributed by atoms with E-state index in [9.17, 15) is 5.11 Å². The van der Waals surface area contributed by atoms with Gasteiger partial charge >= 0.3 is 0 Å². The molecule has 2 aliphatic rings. The number of aryl methyl sites for hydroxylation is 3. The van der Waals surface area contributed by atoms with E-state index in [0.717, 1.165) is 30.4 Å². The fourth-order valence-electron chi connectivity index (χ4n) is 4.52. The molecule has 2 aromatic rings. The van der Waals surface area contributed by atoms with Crippen LogP contribution in [0.4, 0.5) is 0 Å². The number of rotatable bonds is 1. The van der Waals surface area contributed by atoms with Crippen LogP contribution in [0.1, 0.15) is 46.7 Å². The molecule has 1 aromatic carbocycles. The number of phenolic OH excluding ortho intramolecular Hbond substituents is 1. The minimum Gasteiger partial charge on any atom is -0.508 e. The molecule has 1 fully saturated rings. The lowest BCUT2D eigenvalue weighted by Gasteiger charge is -2.33. The number of fused-ring (bicyclic) bond motifs is 2. The Hall–Kier alpha value is -1.39. The molecular weight excluding hydrogens is 364 g/mol. The molecule has 1 aromatic heterocycles. The van der Waals surface area contributed by atoms with Gasteiger partial charge in [0.15, 0.2) is 0 Å². The highest BCUT2D eigenvalue weighted by molar-refractivity contribution is 9.10. The van der Waals surface area contributed by atoms with Gasteiger partial charge in [0, 0.05) is 16.6 Å². The Morgan fingerprint density at radius 3 is 2.67 bits per heavy atom. The van der Waals surface area contributed by atoms with Crippen LogP contribution in [0.25, 0.3) is 0 Å². The summed E-state index contributed by atoms with van der Waals surface area (Å²) >= 11 is 3.58. The number of benzene rings is 1. The predicted molar refractivity (Wildman–Crippen MR) is 99.6 cm³/mol. The zero-order valence-electron chi connectivity index (χ0n) is 14.0.